The molecule has 1 saturated carbocycles. The number of hydrogen-bond acceptors (Lipinski definition) is 3. The molecule has 1 atom stereocenters. The van der Waals surface area contributed by atoms with Gasteiger partial charge < -0.3 is 20.4 Å². The lowest BCUT2D eigenvalue weighted by molar-refractivity contribution is -0.138. The van der Waals surface area contributed by atoms with Gasteiger partial charge in [-0.2, -0.15) is 0 Å². The van der Waals surface area contributed by atoms with Gasteiger partial charge in [-0.3, -0.25) is 4.79 Å². The number of nitrogens with one attached hydrogen (secondary N) is 1. The molecule has 2 rings (SSSR count). The lowest BCUT2D eigenvalue weighted by atomic mass is 9.92. The van der Waals surface area contributed by atoms with Gasteiger partial charge in [0, 0.05) is 19.7 Å². The highest BCUT2D eigenvalue weighted by atomic mass is 16.4. The van der Waals surface area contributed by atoms with Crippen molar-refractivity contribution in [3.8, 4) is 0 Å². The predicted molar refractivity (Wildman–Crippen MR) is 78.0 cm³/mol. The zero-order valence-electron chi connectivity index (χ0n) is 12.5. The van der Waals surface area contributed by atoms with Crippen LogP contribution < -0.4 is 5.32 Å². The number of aliphatic hydroxyl groups excluding tert-OH is 1. The predicted octanol–water partition coefficient (Wildman–Crippen LogP) is 1.58. The first-order valence-electron chi connectivity index (χ1n) is 7.94. The van der Waals surface area contributed by atoms with Crippen molar-refractivity contribution in [1.82, 2.24) is 10.2 Å². The lowest BCUT2D eigenvalue weighted by Crippen LogP contribution is -2.54. The molecule has 1 aliphatic heterocycles. The number of hydrogen-bond donors (Lipinski definition) is 3. The average Bonchev–Trinajstić information content (AvgIpc) is 2.86. The van der Waals surface area contributed by atoms with E-state index in [1.807, 2.05) is 0 Å². The van der Waals surface area contributed by atoms with Crippen LogP contribution in [-0.2, 0) is 4.79 Å². The topological polar surface area (TPSA) is 89.9 Å². The quantitative estimate of drug-likeness (QED) is 0.719. The molecular weight excluding hydrogens is 272 g/mol. The average molecular weight is 298 g/mol. The van der Waals surface area contributed by atoms with E-state index in [1.54, 1.807) is 4.90 Å². The minimum absolute atomic E-state index is 0.00660. The number of carboxylic acid groups (broad SMARTS) is 1. The van der Waals surface area contributed by atoms with Crippen LogP contribution in [0.25, 0.3) is 0 Å². The molecule has 1 aliphatic carbocycles. The largest absolute Gasteiger partial charge is 0.481 e. The molecule has 0 spiro atoms. The lowest BCUT2D eigenvalue weighted by Gasteiger charge is -2.36. The van der Waals surface area contributed by atoms with Gasteiger partial charge >= 0.3 is 12.0 Å². The Labute approximate surface area is 125 Å². The third-order valence-corrected chi connectivity index (χ3v) is 4.77. The van der Waals surface area contributed by atoms with Gasteiger partial charge in [-0.15, -0.1) is 0 Å². The number of rotatable bonds is 5. The molecule has 0 bridgehead atoms. The van der Waals surface area contributed by atoms with Crippen molar-refractivity contribution in [2.75, 3.05) is 19.7 Å². The molecule has 2 fully saturated rings. The number of amides is 2. The van der Waals surface area contributed by atoms with Gasteiger partial charge in [0.2, 0.25) is 0 Å². The molecule has 0 radical (unpaired) electrons. The minimum atomic E-state index is -0.853. The summed E-state index contributed by atoms with van der Waals surface area (Å²) in [5.41, 5.74) is -0.563. The molecular formula is C15H26N2O4. The van der Waals surface area contributed by atoms with Crippen LogP contribution in [0, 0.1) is 5.92 Å². The maximum Gasteiger partial charge on any atom is 0.317 e. The van der Waals surface area contributed by atoms with Crippen molar-refractivity contribution in [3.05, 3.63) is 0 Å². The Morgan fingerprint density at radius 3 is 2.57 bits per heavy atom. The smallest absolute Gasteiger partial charge is 0.317 e. The number of carbonyl (C=O) groups excluding carboxylic acids is 1. The van der Waals surface area contributed by atoms with Crippen LogP contribution in [0.15, 0.2) is 0 Å². The second-order valence-corrected chi connectivity index (χ2v) is 6.45. The van der Waals surface area contributed by atoms with E-state index in [0.29, 0.717) is 12.5 Å². The number of piperidine rings is 1. The molecule has 0 aromatic rings. The summed E-state index contributed by atoms with van der Waals surface area (Å²) in [6, 6.07) is -0.138. The normalized spacial score (nSPS) is 24.8. The number of aliphatic hydroxyl groups is 1. The Morgan fingerprint density at radius 1 is 1.24 bits per heavy atom. The van der Waals surface area contributed by atoms with E-state index in [0.717, 1.165) is 51.5 Å². The number of carbonyl (C=O) groups is 2. The fourth-order valence-corrected chi connectivity index (χ4v) is 3.66. The van der Waals surface area contributed by atoms with Crippen molar-refractivity contribution < 1.29 is 19.8 Å². The molecule has 1 heterocycles. The Bertz CT molecular complexity index is 378. The van der Waals surface area contributed by atoms with Crippen LogP contribution in [-0.4, -0.2) is 52.3 Å². The minimum Gasteiger partial charge on any atom is -0.481 e. The zero-order valence-corrected chi connectivity index (χ0v) is 12.5. The van der Waals surface area contributed by atoms with Crippen LogP contribution in [0.3, 0.4) is 0 Å². The molecule has 21 heavy (non-hydrogen) atoms. The molecule has 120 valence electrons. The summed E-state index contributed by atoms with van der Waals surface area (Å²) in [5, 5.41) is 21.1. The second-order valence-electron chi connectivity index (χ2n) is 6.45. The van der Waals surface area contributed by atoms with E-state index in [-0.39, 0.29) is 19.1 Å². The third-order valence-electron chi connectivity index (χ3n) is 4.77. The standard InChI is InChI=1S/C15H26N2O4/c18-9-5-12-4-3-8-17(11-12)14(21)16-15(10-13(19)20)6-1-2-7-15/h12,18H,1-11H2,(H,16,21)(H,19,20). The molecule has 2 aliphatic rings. The Kier molecular flexibility index (Phi) is 5.45. The van der Waals surface area contributed by atoms with Gasteiger partial charge in [0.05, 0.1) is 12.0 Å². The fourth-order valence-electron chi connectivity index (χ4n) is 3.66. The molecule has 1 unspecified atom stereocenters. The molecule has 6 nitrogen and oxygen atoms in total. The van der Waals surface area contributed by atoms with Gasteiger partial charge in [-0.25, -0.2) is 4.79 Å². The van der Waals surface area contributed by atoms with Crippen LogP contribution in [0.4, 0.5) is 4.79 Å². The Morgan fingerprint density at radius 2 is 1.95 bits per heavy atom. The van der Waals surface area contributed by atoms with E-state index < -0.39 is 11.5 Å². The summed E-state index contributed by atoms with van der Waals surface area (Å²) in [7, 11) is 0. The van der Waals surface area contributed by atoms with Crippen molar-refractivity contribution in [1.29, 1.82) is 0 Å². The molecule has 6 heteroatoms. The van der Waals surface area contributed by atoms with E-state index in [1.165, 1.54) is 0 Å². The van der Waals surface area contributed by atoms with Crippen molar-refractivity contribution in [2.45, 2.75) is 56.9 Å². The van der Waals surface area contributed by atoms with E-state index in [9.17, 15) is 9.59 Å². The Balaban J connectivity index is 1.93. The summed E-state index contributed by atoms with van der Waals surface area (Å²) < 4.78 is 0. The monoisotopic (exact) mass is 298 g/mol. The first-order valence-corrected chi connectivity index (χ1v) is 7.94. The van der Waals surface area contributed by atoms with Crippen LogP contribution in [0.2, 0.25) is 0 Å². The molecule has 3 N–H and O–H groups in total. The summed E-state index contributed by atoms with van der Waals surface area (Å²) >= 11 is 0. The summed E-state index contributed by atoms with van der Waals surface area (Å²) in [5.74, 6) is -0.498. The first kappa shape index (κ1) is 16.1. The molecule has 0 aromatic heterocycles. The number of aliphatic carboxylic acids is 1. The third kappa shape index (κ3) is 4.33. The molecule has 0 aromatic carbocycles. The van der Waals surface area contributed by atoms with E-state index in [4.69, 9.17) is 10.2 Å². The van der Waals surface area contributed by atoms with Crippen molar-refractivity contribution in [2.24, 2.45) is 5.92 Å². The first-order chi connectivity index (χ1) is 10.0. The van der Waals surface area contributed by atoms with Gasteiger partial charge in [0.15, 0.2) is 0 Å². The zero-order chi connectivity index (χ0) is 15.3. The highest BCUT2D eigenvalue weighted by Crippen LogP contribution is 2.33. The van der Waals surface area contributed by atoms with Crippen LogP contribution in [0.5, 0.6) is 0 Å². The van der Waals surface area contributed by atoms with E-state index in [2.05, 4.69) is 5.32 Å². The highest BCUT2D eigenvalue weighted by molar-refractivity contribution is 5.77. The van der Waals surface area contributed by atoms with Crippen LogP contribution >= 0.6 is 0 Å². The molecule has 2 amide bonds. The number of likely N-dealkylation sites (tertiary alicyclic amines) is 1. The SMILES string of the molecule is O=C(O)CC1(NC(=O)N2CCCC(CCO)C2)CCCC1. The van der Waals surface area contributed by atoms with Gasteiger partial charge in [-0.05, 0) is 38.0 Å². The Hall–Kier alpha value is -1.30. The fraction of sp³-hybridized carbons (Fsp3) is 0.867. The number of urea groups is 1. The van der Waals surface area contributed by atoms with Gasteiger partial charge in [0.25, 0.3) is 0 Å². The maximum atomic E-state index is 12.4. The van der Waals surface area contributed by atoms with Gasteiger partial charge in [0.1, 0.15) is 0 Å². The maximum absolute atomic E-state index is 12.4. The summed E-state index contributed by atoms with van der Waals surface area (Å²) in [4.78, 5) is 25.3. The van der Waals surface area contributed by atoms with Gasteiger partial charge in [-0.1, -0.05) is 12.8 Å². The van der Waals surface area contributed by atoms with Crippen LogP contribution in [0.1, 0.15) is 51.4 Å². The molecule has 1 saturated heterocycles. The second kappa shape index (κ2) is 7.11. The summed E-state index contributed by atoms with van der Waals surface area (Å²) in [6.07, 6.45) is 6.17. The summed E-state index contributed by atoms with van der Waals surface area (Å²) in [6.45, 7) is 1.54. The highest BCUT2D eigenvalue weighted by Gasteiger charge is 2.38. The van der Waals surface area contributed by atoms with Crippen molar-refractivity contribution in [3.63, 3.8) is 0 Å². The van der Waals surface area contributed by atoms with Crippen molar-refractivity contribution >= 4 is 12.0 Å². The number of nitrogens with zero attached hydrogens (tertiary/aromatic N) is 1. The number of carboxylic acids is 1. The van der Waals surface area contributed by atoms with E-state index >= 15 is 0 Å².